The fourth-order valence-electron chi connectivity index (χ4n) is 4.40. The third-order valence-corrected chi connectivity index (χ3v) is 5.47. The molecule has 142 valence electrons. The molecule has 25 heavy (non-hydrogen) atoms. The monoisotopic (exact) mass is 348 g/mol. The van der Waals surface area contributed by atoms with E-state index in [0.29, 0.717) is 12.5 Å². The normalized spacial score (nSPS) is 15.0. The fourth-order valence-corrected chi connectivity index (χ4v) is 4.40. The van der Waals surface area contributed by atoms with Crippen molar-refractivity contribution in [1.29, 1.82) is 0 Å². The number of esters is 1. The molecule has 0 spiro atoms. The summed E-state index contributed by atoms with van der Waals surface area (Å²) >= 11 is 0. The van der Waals surface area contributed by atoms with Crippen molar-refractivity contribution < 1.29 is 14.3 Å². The first kappa shape index (κ1) is 21.5. The van der Waals surface area contributed by atoms with Gasteiger partial charge in [0.1, 0.15) is 5.75 Å². The number of ether oxygens (including phenoxy) is 2. The van der Waals surface area contributed by atoms with E-state index in [2.05, 4.69) is 54.5 Å². The summed E-state index contributed by atoms with van der Waals surface area (Å²) in [7, 11) is 1.68. The van der Waals surface area contributed by atoms with E-state index in [1.165, 1.54) is 0 Å². The summed E-state index contributed by atoms with van der Waals surface area (Å²) in [4.78, 5) is 13.4. The molecule has 0 saturated heterocycles. The average Bonchev–Trinajstić information content (AvgIpc) is 2.51. The fraction of sp³-hybridized carbons (Fsp3) is 0.682. The quantitative estimate of drug-likeness (QED) is 0.600. The maximum Gasteiger partial charge on any atom is 0.313 e. The summed E-state index contributed by atoms with van der Waals surface area (Å²) in [5.41, 5.74) is -0.387. The summed E-state index contributed by atoms with van der Waals surface area (Å²) in [6, 6.07) is 8.00. The highest BCUT2D eigenvalue weighted by molar-refractivity contribution is 5.80. The van der Waals surface area contributed by atoms with Crippen LogP contribution in [-0.2, 0) is 14.9 Å². The van der Waals surface area contributed by atoms with Crippen molar-refractivity contribution in [2.24, 2.45) is 16.7 Å². The summed E-state index contributed by atoms with van der Waals surface area (Å²) in [6.45, 7) is 17.3. The summed E-state index contributed by atoms with van der Waals surface area (Å²) in [6.07, 6.45) is 0.750. The van der Waals surface area contributed by atoms with E-state index < -0.39 is 10.8 Å². The SMILES string of the molecule is CCOC(=O)C(CC(C)C)(C(C)(C)C)C(C)(C)c1ccccc1OC. The molecule has 1 aromatic carbocycles. The lowest BCUT2D eigenvalue weighted by atomic mass is 9.49. The lowest BCUT2D eigenvalue weighted by Gasteiger charge is -2.54. The predicted molar refractivity (Wildman–Crippen MR) is 104 cm³/mol. The summed E-state index contributed by atoms with van der Waals surface area (Å²) in [5, 5.41) is 0. The van der Waals surface area contributed by atoms with Crippen LogP contribution in [0.1, 0.15) is 67.4 Å². The molecular formula is C22H36O3. The zero-order chi connectivity index (χ0) is 19.5. The minimum absolute atomic E-state index is 0.118. The Morgan fingerprint density at radius 3 is 2.08 bits per heavy atom. The molecule has 0 fully saturated rings. The summed E-state index contributed by atoms with van der Waals surface area (Å²) in [5.74, 6) is 1.05. The number of methoxy groups -OCH3 is 1. The Bertz CT molecular complexity index is 581. The summed E-state index contributed by atoms with van der Waals surface area (Å²) < 4.78 is 11.3. The molecule has 0 aliphatic carbocycles. The van der Waals surface area contributed by atoms with Crippen LogP contribution in [0.3, 0.4) is 0 Å². The van der Waals surface area contributed by atoms with Crippen molar-refractivity contribution in [3.63, 3.8) is 0 Å². The molecule has 0 saturated carbocycles. The zero-order valence-electron chi connectivity index (χ0n) is 17.5. The molecule has 3 nitrogen and oxygen atoms in total. The molecule has 0 aromatic heterocycles. The maximum atomic E-state index is 13.4. The molecule has 3 heteroatoms. The van der Waals surface area contributed by atoms with Crippen LogP contribution < -0.4 is 4.74 Å². The second-order valence-electron chi connectivity index (χ2n) is 8.80. The van der Waals surface area contributed by atoms with E-state index in [-0.39, 0.29) is 11.4 Å². The van der Waals surface area contributed by atoms with Gasteiger partial charge in [-0.1, -0.05) is 66.7 Å². The Labute approximate surface area is 154 Å². The number of carbonyl (C=O) groups excluding carboxylic acids is 1. The number of hydrogen-bond acceptors (Lipinski definition) is 3. The van der Waals surface area contributed by atoms with Gasteiger partial charge in [-0.2, -0.15) is 0 Å². The first-order chi connectivity index (χ1) is 11.5. The third kappa shape index (κ3) is 3.86. The Kier molecular flexibility index (Phi) is 6.72. The Balaban J connectivity index is 3.76. The van der Waals surface area contributed by atoms with E-state index in [0.717, 1.165) is 17.7 Å². The van der Waals surface area contributed by atoms with Crippen LogP contribution in [0.25, 0.3) is 0 Å². The van der Waals surface area contributed by atoms with Crippen molar-refractivity contribution in [3.8, 4) is 5.75 Å². The van der Waals surface area contributed by atoms with Gasteiger partial charge in [0.2, 0.25) is 0 Å². The molecule has 1 unspecified atom stereocenters. The van der Waals surface area contributed by atoms with E-state index in [4.69, 9.17) is 9.47 Å². The van der Waals surface area contributed by atoms with E-state index in [1.807, 2.05) is 25.1 Å². The van der Waals surface area contributed by atoms with E-state index in [9.17, 15) is 4.79 Å². The largest absolute Gasteiger partial charge is 0.496 e. The zero-order valence-corrected chi connectivity index (χ0v) is 17.5. The number of benzene rings is 1. The minimum Gasteiger partial charge on any atom is -0.496 e. The molecule has 1 atom stereocenters. The van der Waals surface area contributed by atoms with Gasteiger partial charge in [-0.15, -0.1) is 0 Å². The van der Waals surface area contributed by atoms with Crippen LogP contribution in [0.5, 0.6) is 5.75 Å². The predicted octanol–water partition coefficient (Wildman–Crippen LogP) is 5.61. The number of hydrogen-bond donors (Lipinski definition) is 0. The standard InChI is InChI=1S/C22H36O3/c1-10-25-19(23)22(15-16(2)3,20(4,5)6)21(7,8)17-13-11-12-14-18(17)24-9/h11-14,16H,10,15H2,1-9H3. The van der Waals surface area contributed by atoms with Gasteiger partial charge in [0.15, 0.2) is 0 Å². The van der Waals surface area contributed by atoms with Gasteiger partial charge in [0, 0.05) is 11.0 Å². The van der Waals surface area contributed by atoms with E-state index >= 15 is 0 Å². The second kappa shape index (κ2) is 7.80. The highest BCUT2D eigenvalue weighted by Gasteiger charge is 2.60. The molecule has 1 rings (SSSR count). The first-order valence-electron chi connectivity index (χ1n) is 9.26. The van der Waals surface area contributed by atoms with Crippen molar-refractivity contribution in [1.82, 2.24) is 0 Å². The number of carbonyl (C=O) groups is 1. The second-order valence-corrected chi connectivity index (χ2v) is 8.80. The average molecular weight is 349 g/mol. The molecular weight excluding hydrogens is 312 g/mol. The molecule has 0 aliphatic rings. The van der Waals surface area contributed by atoms with Crippen LogP contribution in [-0.4, -0.2) is 19.7 Å². The van der Waals surface area contributed by atoms with Gasteiger partial charge in [0.05, 0.1) is 19.1 Å². The Morgan fingerprint density at radius 1 is 1.08 bits per heavy atom. The van der Waals surface area contributed by atoms with Gasteiger partial charge in [-0.25, -0.2) is 0 Å². The Morgan fingerprint density at radius 2 is 1.64 bits per heavy atom. The lowest BCUT2D eigenvalue weighted by Crippen LogP contribution is -2.57. The third-order valence-electron chi connectivity index (χ3n) is 5.47. The lowest BCUT2D eigenvalue weighted by molar-refractivity contribution is -0.172. The molecule has 0 amide bonds. The topological polar surface area (TPSA) is 35.5 Å². The molecule has 0 N–H and O–H groups in total. The molecule has 0 aliphatic heterocycles. The Hall–Kier alpha value is -1.51. The molecule has 0 radical (unpaired) electrons. The van der Waals surface area contributed by atoms with Gasteiger partial charge >= 0.3 is 5.97 Å². The van der Waals surface area contributed by atoms with E-state index in [1.54, 1.807) is 7.11 Å². The van der Waals surface area contributed by atoms with Crippen LogP contribution >= 0.6 is 0 Å². The van der Waals surface area contributed by atoms with Crippen molar-refractivity contribution >= 4 is 5.97 Å². The van der Waals surface area contributed by atoms with Crippen molar-refractivity contribution in [3.05, 3.63) is 29.8 Å². The number of rotatable bonds is 7. The molecule has 0 bridgehead atoms. The smallest absolute Gasteiger partial charge is 0.313 e. The maximum absolute atomic E-state index is 13.4. The van der Waals surface area contributed by atoms with Gasteiger partial charge in [0.25, 0.3) is 0 Å². The molecule has 1 aromatic rings. The van der Waals surface area contributed by atoms with Gasteiger partial charge < -0.3 is 9.47 Å². The highest BCUT2D eigenvalue weighted by atomic mass is 16.5. The van der Waals surface area contributed by atoms with Gasteiger partial charge in [-0.3, -0.25) is 4.79 Å². The van der Waals surface area contributed by atoms with Crippen molar-refractivity contribution in [2.75, 3.05) is 13.7 Å². The van der Waals surface area contributed by atoms with Gasteiger partial charge in [-0.05, 0) is 30.7 Å². The van der Waals surface area contributed by atoms with Crippen LogP contribution in [0.2, 0.25) is 0 Å². The van der Waals surface area contributed by atoms with Crippen LogP contribution in [0.15, 0.2) is 24.3 Å². The number of para-hydroxylation sites is 1. The first-order valence-corrected chi connectivity index (χ1v) is 9.26. The molecule has 0 heterocycles. The highest BCUT2D eigenvalue weighted by Crippen LogP contribution is 2.58. The van der Waals surface area contributed by atoms with Crippen LogP contribution in [0, 0.1) is 16.7 Å². The van der Waals surface area contributed by atoms with Crippen LogP contribution in [0.4, 0.5) is 0 Å². The minimum atomic E-state index is -0.682. The van der Waals surface area contributed by atoms with Crippen molar-refractivity contribution in [2.45, 2.75) is 67.2 Å².